The highest BCUT2D eigenvalue weighted by Gasteiger charge is 2.45. The Hall–Kier alpha value is -0.770. The summed E-state index contributed by atoms with van der Waals surface area (Å²) in [5.74, 6) is 1.42. The van der Waals surface area contributed by atoms with Gasteiger partial charge in [0.05, 0.1) is 18.3 Å². The summed E-state index contributed by atoms with van der Waals surface area (Å²) in [5.41, 5.74) is 2.58. The Kier molecular flexibility index (Phi) is 4.09. The van der Waals surface area contributed by atoms with Gasteiger partial charge in [0.25, 0.3) is 0 Å². The number of hydrogen-bond donors (Lipinski definition) is 1. The van der Waals surface area contributed by atoms with Crippen LogP contribution in [0.15, 0.2) is 18.2 Å². The number of nitrogens with one attached hydrogen (secondary N) is 1. The minimum atomic E-state index is -0.0521. The highest BCUT2D eigenvalue weighted by Crippen LogP contribution is 2.43. The topological polar surface area (TPSA) is 30.5 Å². The molecule has 1 aromatic rings. The maximum atomic E-state index is 6.10. The Labute approximate surface area is 121 Å². The van der Waals surface area contributed by atoms with E-state index >= 15 is 0 Å². The maximum Gasteiger partial charge on any atom is 0.125 e. The molecule has 0 aromatic heterocycles. The van der Waals surface area contributed by atoms with Crippen molar-refractivity contribution in [1.29, 1.82) is 0 Å². The summed E-state index contributed by atoms with van der Waals surface area (Å²) in [6.45, 7) is 8.92. The highest BCUT2D eigenvalue weighted by molar-refractivity contribution is 5.85. The van der Waals surface area contributed by atoms with Gasteiger partial charge in [-0.1, -0.05) is 12.1 Å². The summed E-state index contributed by atoms with van der Waals surface area (Å²) in [5, 5.41) is 3.44. The second-order valence-electron chi connectivity index (χ2n) is 5.78. The van der Waals surface area contributed by atoms with E-state index in [0.717, 1.165) is 18.8 Å². The van der Waals surface area contributed by atoms with Crippen LogP contribution in [0.4, 0.5) is 0 Å². The minimum Gasteiger partial charge on any atom is -0.491 e. The molecule has 0 radical (unpaired) electrons. The van der Waals surface area contributed by atoms with Crippen LogP contribution in [-0.4, -0.2) is 24.8 Å². The van der Waals surface area contributed by atoms with Crippen molar-refractivity contribution in [3.63, 3.8) is 0 Å². The van der Waals surface area contributed by atoms with Gasteiger partial charge >= 0.3 is 0 Å². The average Bonchev–Trinajstić information content (AvgIpc) is 2.70. The fourth-order valence-corrected chi connectivity index (χ4v) is 3.06. The van der Waals surface area contributed by atoms with Crippen molar-refractivity contribution < 1.29 is 9.47 Å². The van der Waals surface area contributed by atoms with E-state index in [4.69, 9.17) is 9.47 Å². The van der Waals surface area contributed by atoms with Crippen molar-refractivity contribution >= 4 is 12.4 Å². The number of ether oxygens (including phenoxy) is 2. The molecule has 4 heteroatoms. The molecule has 1 fully saturated rings. The standard InChI is InChI=1S/C15H21NO2.ClH/c1-10(2)18-14-6-4-5-11-12(14)8-17-15(3)9-16-7-13(11)15;/h4-6,10,13,16H,7-9H2,1-3H3;1H/t13-,15+;/m1./s1. The van der Waals surface area contributed by atoms with E-state index in [0.29, 0.717) is 12.5 Å². The molecular formula is C15H22ClNO2. The van der Waals surface area contributed by atoms with Crippen molar-refractivity contribution in [1.82, 2.24) is 5.32 Å². The molecule has 0 saturated carbocycles. The smallest absolute Gasteiger partial charge is 0.125 e. The van der Waals surface area contributed by atoms with Gasteiger partial charge in [0, 0.05) is 24.6 Å². The predicted octanol–water partition coefficient (Wildman–Crippen LogP) is 2.87. The normalized spacial score (nSPS) is 28.5. The van der Waals surface area contributed by atoms with Crippen LogP contribution in [0.5, 0.6) is 5.75 Å². The van der Waals surface area contributed by atoms with Crippen LogP contribution in [-0.2, 0) is 11.3 Å². The average molecular weight is 284 g/mol. The molecule has 0 unspecified atom stereocenters. The van der Waals surface area contributed by atoms with Crippen LogP contribution < -0.4 is 10.1 Å². The van der Waals surface area contributed by atoms with E-state index < -0.39 is 0 Å². The van der Waals surface area contributed by atoms with Crippen molar-refractivity contribution in [2.24, 2.45) is 0 Å². The number of fused-ring (bicyclic) bond motifs is 3. The van der Waals surface area contributed by atoms with E-state index in [2.05, 4.69) is 38.2 Å². The Balaban J connectivity index is 0.00000133. The maximum absolute atomic E-state index is 6.10. The fraction of sp³-hybridized carbons (Fsp3) is 0.600. The third-order valence-corrected chi connectivity index (χ3v) is 4.02. The molecule has 0 aliphatic carbocycles. The van der Waals surface area contributed by atoms with Gasteiger partial charge in [-0.2, -0.15) is 0 Å². The first-order valence-corrected chi connectivity index (χ1v) is 6.73. The zero-order chi connectivity index (χ0) is 12.8. The van der Waals surface area contributed by atoms with Crippen LogP contribution in [0.1, 0.15) is 37.8 Å². The Morgan fingerprint density at radius 1 is 1.42 bits per heavy atom. The first kappa shape index (κ1) is 14.6. The van der Waals surface area contributed by atoms with Gasteiger partial charge in [0.1, 0.15) is 5.75 Å². The van der Waals surface area contributed by atoms with Crippen LogP contribution in [0.2, 0.25) is 0 Å². The molecular weight excluding hydrogens is 262 g/mol. The number of halogens is 1. The molecule has 3 nitrogen and oxygen atoms in total. The minimum absolute atomic E-state index is 0. The molecule has 106 valence electrons. The number of rotatable bonds is 2. The van der Waals surface area contributed by atoms with Crippen molar-refractivity contribution in [2.75, 3.05) is 13.1 Å². The zero-order valence-corrected chi connectivity index (χ0v) is 12.5. The van der Waals surface area contributed by atoms with E-state index in [-0.39, 0.29) is 24.1 Å². The van der Waals surface area contributed by atoms with Gasteiger partial charge in [0.15, 0.2) is 0 Å². The number of benzene rings is 1. The van der Waals surface area contributed by atoms with Gasteiger partial charge in [0.2, 0.25) is 0 Å². The van der Waals surface area contributed by atoms with E-state index in [1.54, 1.807) is 0 Å². The highest BCUT2D eigenvalue weighted by atomic mass is 35.5. The van der Waals surface area contributed by atoms with Gasteiger partial charge in [-0.25, -0.2) is 0 Å². The van der Waals surface area contributed by atoms with E-state index in [1.807, 2.05) is 6.07 Å². The largest absolute Gasteiger partial charge is 0.491 e. The molecule has 1 N–H and O–H groups in total. The summed E-state index contributed by atoms with van der Waals surface area (Å²) in [4.78, 5) is 0. The molecule has 2 atom stereocenters. The van der Waals surface area contributed by atoms with Gasteiger partial charge in [-0.05, 0) is 32.4 Å². The second kappa shape index (κ2) is 5.31. The van der Waals surface area contributed by atoms with Crippen LogP contribution in [0.3, 0.4) is 0 Å². The molecule has 1 aromatic carbocycles. The summed E-state index contributed by atoms with van der Waals surface area (Å²) in [7, 11) is 0. The summed E-state index contributed by atoms with van der Waals surface area (Å²) in [6, 6.07) is 6.37. The van der Waals surface area contributed by atoms with Crippen LogP contribution >= 0.6 is 12.4 Å². The first-order chi connectivity index (χ1) is 8.60. The molecule has 2 heterocycles. The lowest BCUT2D eigenvalue weighted by Gasteiger charge is -2.37. The van der Waals surface area contributed by atoms with Crippen molar-refractivity contribution in [2.45, 2.75) is 45.0 Å². The zero-order valence-electron chi connectivity index (χ0n) is 11.7. The van der Waals surface area contributed by atoms with Crippen molar-refractivity contribution in [3.8, 4) is 5.75 Å². The number of hydrogen-bond acceptors (Lipinski definition) is 3. The van der Waals surface area contributed by atoms with E-state index in [1.165, 1.54) is 11.1 Å². The monoisotopic (exact) mass is 283 g/mol. The molecule has 0 spiro atoms. The predicted molar refractivity (Wildman–Crippen MR) is 78.3 cm³/mol. The van der Waals surface area contributed by atoms with Gasteiger partial charge < -0.3 is 14.8 Å². The molecule has 2 aliphatic heterocycles. The molecule has 19 heavy (non-hydrogen) atoms. The third kappa shape index (κ3) is 2.47. The van der Waals surface area contributed by atoms with Crippen molar-refractivity contribution in [3.05, 3.63) is 29.3 Å². The Morgan fingerprint density at radius 2 is 2.21 bits per heavy atom. The Bertz CT molecular complexity index is 463. The molecule has 2 aliphatic rings. The SMILES string of the molecule is CC(C)Oc1cccc2c1CO[C@@]1(C)CNC[C@H]21.Cl. The fourth-order valence-electron chi connectivity index (χ4n) is 3.06. The lowest BCUT2D eigenvalue weighted by molar-refractivity contribution is -0.0529. The lowest BCUT2D eigenvalue weighted by atomic mass is 9.81. The first-order valence-electron chi connectivity index (χ1n) is 6.73. The van der Waals surface area contributed by atoms with Crippen LogP contribution in [0, 0.1) is 0 Å². The summed E-state index contributed by atoms with van der Waals surface area (Å²) in [6.07, 6.45) is 0.200. The quantitative estimate of drug-likeness (QED) is 0.905. The van der Waals surface area contributed by atoms with Gasteiger partial charge in [-0.3, -0.25) is 0 Å². The van der Waals surface area contributed by atoms with E-state index in [9.17, 15) is 0 Å². The summed E-state index contributed by atoms with van der Waals surface area (Å²) < 4.78 is 12.0. The molecule has 3 rings (SSSR count). The van der Waals surface area contributed by atoms with Crippen LogP contribution in [0.25, 0.3) is 0 Å². The molecule has 1 saturated heterocycles. The molecule has 0 amide bonds. The Morgan fingerprint density at radius 3 is 2.95 bits per heavy atom. The molecule has 0 bridgehead atoms. The second-order valence-corrected chi connectivity index (χ2v) is 5.78. The summed E-state index contributed by atoms with van der Waals surface area (Å²) >= 11 is 0. The van der Waals surface area contributed by atoms with Gasteiger partial charge in [-0.15, -0.1) is 12.4 Å². The lowest BCUT2D eigenvalue weighted by Crippen LogP contribution is -2.39. The third-order valence-electron chi connectivity index (χ3n) is 4.02.